The number of hydrogen-bond donors (Lipinski definition) is 1. The Morgan fingerprint density at radius 3 is 2.43 bits per heavy atom. The third-order valence-electron chi connectivity index (χ3n) is 6.96. The number of carboxylic acid groups (broad SMARTS) is 1. The predicted octanol–water partition coefficient (Wildman–Crippen LogP) is 3.03. The highest BCUT2D eigenvalue weighted by Crippen LogP contribution is 2.65. The van der Waals surface area contributed by atoms with Crippen molar-refractivity contribution in [2.24, 2.45) is 40.6 Å². The number of imide groups is 1. The molecular formula is C23H18N2O5. The Kier molecular flexibility index (Phi) is 3.48. The molecule has 2 saturated carbocycles. The van der Waals surface area contributed by atoms with Crippen LogP contribution in [0.15, 0.2) is 58.1 Å². The first-order valence-electron chi connectivity index (χ1n) is 10.1. The fourth-order valence-electron chi connectivity index (χ4n) is 5.55. The van der Waals surface area contributed by atoms with Crippen LogP contribution < -0.4 is 0 Å². The fraction of sp³-hybridized carbons (Fsp3) is 0.304. The second-order valence-electron chi connectivity index (χ2n) is 8.48. The van der Waals surface area contributed by atoms with Gasteiger partial charge in [0.15, 0.2) is 0 Å². The fourth-order valence-corrected chi connectivity index (χ4v) is 5.55. The molecule has 30 heavy (non-hydrogen) atoms. The molecule has 3 fully saturated rings. The molecule has 7 nitrogen and oxygen atoms in total. The summed E-state index contributed by atoms with van der Waals surface area (Å²) < 4.78 is 5.73. The zero-order valence-corrected chi connectivity index (χ0v) is 15.8. The van der Waals surface area contributed by atoms with Gasteiger partial charge in [0.25, 0.3) is 11.8 Å². The molecule has 6 atom stereocenters. The van der Waals surface area contributed by atoms with E-state index in [2.05, 4.69) is 17.3 Å². The summed E-state index contributed by atoms with van der Waals surface area (Å²) >= 11 is 0. The van der Waals surface area contributed by atoms with Crippen LogP contribution in [0.4, 0.5) is 0 Å². The van der Waals surface area contributed by atoms with Crippen LogP contribution in [0.25, 0.3) is 11.3 Å². The highest BCUT2D eigenvalue weighted by molar-refractivity contribution is 6.06. The number of furan rings is 1. The van der Waals surface area contributed by atoms with Crippen molar-refractivity contribution in [2.45, 2.75) is 6.42 Å². The third kappa shape index (κ3) is 2.38. The Labute approximate surface area is 171 Å². The zero-order chi connectivity index (χ0) is 20.6. The Morgan fingerprint density at radius 1 is 1.07 bits per heavy atom. The Balaban J connectivity index is 1.24. The van der Waals surface area contributed by atoms with Crippen LogP contribution in [-0.2, 0) is 9.59 Å². The monoisotopic (exact) mass is 402 g/mol. The number of rotatable bonds is 4. The molecule has 2 heterocycles. The van der Waals surface area contributed by atoms with E-state index in [4.69, 9.17) is 9.52 Å². The molecular weight excluding hydrogens is 384 g/mol. The van der Waals surface area contributed by atoms with Gasteiger partial charge in [-0.15, -0.1) is 0 Å². The van der Waals surface area contributed by atoms with Crippen LogP contribution in [0.5, 0.6) is 0 Å². The zero-order valence-electron chi connectivity index (χ0n) is 15.8. The van der Waals surface area contributed by atoms with E-state index in [0.29, 0.717) is 28.9 Å². The Bertz CT molecular complexity index is 1130. The number of aromatic carboxylic acids is 1. The minimum absolute atomic E-state index is 0.163. The summed E-state index contributed by atoms with van der Waals surface area (Å²) in [5, 5.41) is 14.3. The maximum absolute atomic E-state index is 12.9. The topological polar surface area (TPSA) is 100 Å². The van der Waals surface area contributed by atoms with Crippen molar-refractivity contribution in [1.29, 1.82) is 0 Å². The smallest absolute Gasteiger partial charge is 0.335 e. The van der Waals surface area contributed by atoms with Gasteiger partial charge in [-0.05, 0) is 54.4 Å². The lowest BCUT2D eigenvalue weighted by atomic mass is 9.63. The first kappa shape index (κ1) is 17.4. The molecule has 2 aromatic rings. The van der Waals surface area contributed by atoms with Gasteiger partial charge in [0.05, 0.1) is 23.6 Å². The number of carbonyl (C=O) groups is 3. The average molecular weight is 402 g/mol. The van der Waals surface area contributed by atoms with Crippen molar-refractivity contribution in [1.82, 2.24) is 5.01 Å². The lowest BCUT2D eigenvalue weighted by Crippen LogP contribution is -2.40. The van der Waals surface area contributed by atoms with Crippen molar-refractivity contribution in [2.75, 3.05) is 0 Å². The lowest BCUT2D eigenvalue weighted by molar-refractivity contribution is -0.140. The third-order valence-corrected chi connectivity index (χ3v) is 6.96. The van der Waals surface area contributed by atoms with Gasteiger partial charge in [-0.2, -0.15) is 10.1 Å². The summed E-state index contributed by atoms with van der Waals surface area (Å²) in [7, 11) is 0. The maximum Gasteiger partial charge on any atom is 0.335 e. The molecule has 1 aliphatic heterocycles. The minimum atomic E-state index is -1.01. The lowest BCUT2D eigenvalue weighted by Gasteiger charge is -2.37. The molecule has 2 bridgehead atoms. The SMILES string of the molecule is O=C(O)c1cccc(-c2ccc(/C=N/N3C(=O)C4C5C=CC(C6CC56)C4C3=O)o2)c1. The number of carbonyl (C=O) groups excluding carboxylic acids is 2. The van der Waals surface area contributed by atoms with E-state index in [1.807, 2.05) is 0 Å². The Morgan fingerprint density at radius 2 is 1.77 bits per heavy atom. The molecule has 1 aromatic carbocycles. The summed E-state index contributed by atoms with van der Waals surface area (Å²) in [6.45, 7) is 0. The number of hydrogen-bond acceptors (Lipinski definition) is 5. The molecule has 2 amide bonds. The van der Waals surface area contributed by atoms with Gasteiger partial charge in [0.1, 0.15) is 11.5 Å². The van der Waals surface area contributed by atoms with Gasteiger partial charge in [0.2, 0.25) is 0 Å². The molecule has 1 saturated heterocycles. The van der Waals surface area contributed by atoms with Crippen LogP contribution in [-0.4, -0.2) is 34.1 Å². The standard InChI is InChI=1S/C23H18N2O5/c26-21-19-14-5-6-15(17-9-16(14)17)20(19)22(27)25(21)24-10-13-4-7-18(30-13)11-2-1-3-12(8-11)23(28)29/h1-8,10,14-17,19-20H,9H2,(H,28,29)/b24-10+. The number of amides is 2. The molecule has 0 spiro atoms. The molecule has 1 N–H and O–H groups in total. The van der Waals surface area contributed by atoms with Gasteiger partial charge < -0.3 is 9.52 Å². The van der Waals surface area contributed by atoms with E-state index >= 15 is 0 Å². The van der Waals surface area contributed by atoms with Crippen LogP contribution in [0.2, 0.25) is 0 Å². The Hall–Kier alpha value is -3.48. The van der Waals surface area contributed by atoms with Crippen LogP contribution in [0, 0.1) is 35.5 Å². The van der Waals surface area contributed by atoms with Gasteiger partial charge in [-0.25, -0.2) is 4.79 Å². The number of hydrazone groups is 1. The van der Waals surface area contributed by atoms with Crippen molar-refractivity contribution in [3.8, 4) is 11.3 Å². The summed E-state index contributed by atoms with van der Waals surface area (Å²) in [5.74, 6) is 0.292. The maximum atomic E-state index is 12.9. The van der Waals surface area contributed by atoms with E-state index in [0.717, 1.165) is 11.4 Å². The largest absolute Gasteiger partial charge is 0.478 e. The van der Waals surface area contributed by atoms with Crippen molar-refractivity contribution < 1.29 is 23.9 Å². The number of allylic oxidation sites excluding steroid dienone is 2. The number of benzene rings is 1. The second kappa shape index (κ2) is 6.01. The molecule has 4 aliphatic carbocycles. The van der Waals surface area contributed by atoms with E-state index < -0.39 is 5.97 Å². The van der Waals surface area contributed by atoms with E-state index in [-0.39, 0.29) is 41.0 Å². The molecule has 7 heteroatoms. The van der Waals surface area contributed by atoms with Crippen molar-refractivity contribution >= 4 is 24.0 Å². The van der Waals surface area contributed by atoms with E-state index in [1.165, 1.54) is 18.3 Å². The molecule has 1 aromatic heterocycles. The van der Waals surface area contributed by atoms with Gasteiger partial charge in [-0.3, -0.25) is 9.59 Å². The van der Waals surface area contributed by atoms with Crippen LogP contribution >= 0.6 is 0 Å². The number of carboxylic acids is 1. The highest BCUT2D eigenvalue weighted by atomic mass is 16.4. The predicted molar refractivity (Wildman–Crippen MR) is 105 cm³/mol. The van der Waals surface area contributed by atoms with Crippen LogP contribution in [0.3, 0.4) is 0 Å². The molecule has 6 unspecified atom stereocenters. The normalized spacial score (nSPS) is 33.3. The minimum Gasteiger partial charge on any atom is -0.478 e. The van der Waals surface area contributed by atoms with Crippen LogP contribution in [0.1, 0.15) is 22.5 Å². The molecule has 0 radical (unpaired) electrons. The van der Waals surface area contributed by atoms with E-state index in [9.17, 15) is 14.4 Å². The average Bonchev–Trinajstić information content (AvgIpc) is 3.39. The molecule has 7 rings (SSSR count). The molecule has 5 aliphatic rings. The highest BCUT2D eigenvalue weighted by Gasteiger charge is 2.67. The summed E-state index contributed by atoms with van der Waals surface area (Å²) in [6, 6.07) is 9.80. The van der Waals surface area contributed by atoms with Gasteiger partial charge >= 0.3 is 5.97 Å². The van der Waals surface area contributed by atoms with E-state index in [1.54, 1.807) is 24.3 Å². The summed E-state index contributed by atoms with van der Waals surface area (Å²) in [4.78, 5) is 37.0. The van der Waals surface area contributed by atoms with Crippen molar-refractivity contribution in [3.05, 3.63) is 59.9 Å². The summed E-state index contributed by atoms with van der Waals surface area (Å²) in [6.07, 6.45) is 6.75. The van der Waals surface area contributed by atoms with Gasteiger partial charge in [0, 0.05) is 5.56 Å². The first-order chi connectivity index (χ1) is 14.5. The van der Waals surface area contributed by atoms with Crippen molar-refractivity contribution in [3.63, 3.8) is 0 Å². The number of nitrogens with zero attached hydrogens (tertiary/aromatic N) is 2. The quantitative estimate of drug-likeness (QED) is 0.481. The first-order valence-corrected chi connectivity index (χ1v) is 10.1. The van der Waals surface area contributed by atoms with Gasteiger partial charge in [-0.1, -0.05) is 24.3 Å². The second-order valence-corrected chi connectivity index (χ2v) is 8.48. The summed E-state index contributed by atoms with van der Waals surface area (Å²) in [5.41, 5.74) is 0.784. The molecule has 150 valence electrons.